The standard InChI is InChI=1S/C34H41N3O7S/c1-34(2)14-17-36(18-15-34)32(38)25-7-5-24(6-8-25)26-9-11-29-27(21-26)13-16-37(33(29)39)28-10-12-31(44-23-43-20-19-42-3)30(22-28)35-45(4,40)41/h5-12,21-22,35H,13-20,23H2,1-4H3. The first-order valence-corrected chi connectivity index (χ1v) is 17.0. The molecule has 3 aromatic carbocycles. The number of nitrogens with zero attached hydrogens (tertiary/aromatic N) is 2. The van der Waals surface area contributed by atoms with E-state index in [1.165, 1.54) is 0 Å². The number of sulfonamides is 1. The van der Waals surface area contributed by atoms with E-state index < -0.39 is 10.0 Å². The molecule has 2 aliphatic rings. The molecule has 2 amide bonds. The van der Waals surface area contributed by atoms with Gasteiger partial charge in [-0.15, -0.1) is 0 Å². The van der Waals surface area contributed by atoms with E-state index in [-0.39, 0.29) is 35.5 Å². The van der Waals surface area contributed by atoms with E-state index in [1.54, 1.807) is 30.2 Å². The molecule has 1 fully saturated rings. The minimum Gasteiger partial charge on any atom is -0.465 e. The van der Waals surface area contributed by atoms with Crippen LogP contribution < -0.4 is 14.4 Å². The van der Waals surface area contributed by atoms with Gasteiger partial charge in [-0.25, -0.2) is 8.42 Å². The molecule has 0 atom stereocenters. The van der Waals surface area contributed by atoms with Crippen molar-refractivity contribution in [2.24, 2.45) is 5.41 Å². The highest BCUT2D eigenvalue weighted by Crippen LogP contribution is 2.35. The first-order valence-electron chi connectivity index (χ1n) is 15.1. The number of carbonyl (C=O) groups is 2. The number of benzene rings is 3. The summed E-state index contributed by atoms with van der Waals surface area (Å²) < 4.78 is 42.5. The van der Waals surface area contributed by atoms with E-state index in [0.29, 0.717) is 43.0 Å². The molecule has 0 bridgehead atoms. The average Bonchev–Trinajstić information content (AvgIpc) is 3.00. The van der Waals surface area contributed by atoms with E-state index in [9.17, 15) is 18.0 Å². The molecule has 0 spiro atoms. The molecule has 0 radical (unpaired) electrons. The molecule has 2 heterocycles. The van der Waals surface area contributed by atoms with E-state index in [0.717, 1.165) is 48.9 Å². The summed E-state index contributed by atoms with van der Waals surface area (Å²) in [5, 5.41) is 0. The predicted octanol–water partition coefficient (Wildman–Crippen LogP) is 5.19. The summed E-state index contributed by atoms with van der Waals surface area (Å²) in [5.41, 5.74) is 5.20. The molecule has 0 aliphatic carbocycles. The molecule has 1 N–H and O–H groups in total. The van der Waals surface area contributed by atoms with Gasteiger partial charge in [0.05, 0.1) is 25.2 Å². The Bertz CT molecular complexity index is 1640. The summed E-state index contributed by atoms with van der Waals surface area (Å²) in [4.78, 5) is 30.2. The molecule has 0 saturated carbocycles. The van der Waals surface area contributed by atoms with Gasteiger partial charge in [0.15, 0.2) is 6.79 Å². The maximum absolute atomic E-state index is 13.6. The summed E-state index contributed by atoms with van der Waals surface area (Å²) in [6.45, 7) is 7.13. The van der Waals surface area contributed by atoms with Gasteiger partial charge in [-0.2, -0.15) is 0 Å². The largest absolute Gasteiger partial charge is 0.465 e. The summed E-state index contributed by atoms with van der Waals surface area (Å²) in [6, 6.07) is 18.4. The molecule has 5 rings (SSSR count). The number of rotatable bonds is 11. The van der Waals surface area contributed by atoms with Crippen molar-refractivity contribution in [3.63, 3.8) is 0 Å². The smallest absolute Gasteiger partial charge is 0.258 e. The number of likely N-dealkylation sites (tertiary alicyclic amines) is 1. The van der Waals surface area contributed by atoms with Crippen molar-refractivity contribution in [3.05, 3.63) is 77.4 Å². The first-order chi connectivity index (χ1) is 21.4. The van der Waals surface area contributed by atoms with Crippen molar-refractivity contribution in [3.8, 4) is 16.9 Å². The van der Waals surface area contributed by atoms with Crippen LogP contribution in [0.15, 0.2) is 60.7 Å². The minimum absolute atomic E-state index is 0.0677. The second kappa shape index (κ2) is 13.6. The van der Waals surface area contributed by atoms with Crippen LogP contribution in [0.1, 0.15) is 53.0 Å². The Balaban J connectivity index is 1.29. The van der Waals surface area contributed by atoms with Crippen molar-refractivity contribution in [1.82, 2.24) is 4.90 Å². The number of ether oxygens (including phenoxy) is 3. The molecular weight excluding hydrogens is 594 g/mol. The Morgan fingerprint density at radius 3 is 2.33 bits per heavy atom. The van der Waals surface area contributed by atoms with Crippen LogP contribution in [0.2, 0.25) is 0 Å². The van der Waals surface area contributed by atoms with Crippen molar-refractivity contribution in [1.29, 1.82) is 0 Å². The van der Waals surface area contributed by atoms with E-state index in [1.807, 2.05) is 47.4 Å². The summed E-state index contributed by atoms with van der Waals surface area (Å²) in [6.07, 6.45) is 3.69. The lowest BCUT2D eigenvalue weighted by Gasteiger charge is -2.37. The fourth-order valence-corrected chi connectivity index (χ4v) is 6.17. The van der Waals surface area contributed by atoms with Gasteiger partial charge in [0.1, 0.15) is 5.75 Å². The average molecular weight is 636 g/mol. The lowest BCUT2D eigenvalue weighted by Crippen LogP contribution is -2.41. The molecule has 0 unspecified atom stereocenters. The zero-order chi connectivity index (χ0) is 32.2. The van der Waals surface area contributed by atoms with Crippen molar-refractivity contribution in [2.45, 2.75) is 33.1 Å². The second-order valence-electron chi connectivity index (χ2n) is 12.3. The normalized spacial score (nSPS) is 16.3. The van der Waals surface area contributed by atoms with Crippen LogP contribution in [0.3, 0.4) is 0 Å². The van der Waals surface area contributed by atoms with Gasteiger partial charge in [0.2, 0.25) is 10.0 Å². The lowest BCUT2D eigenvalue weighted by atomic mass is 9.82. The SMILES string of the molecule is COCCOCOc1ccc(N2CCc3cc(-c4ccc(C(=O)N5CCC(C)(C)CC5)cc4)ccc3C2=O)cc1NS(C)(=O)=O. The van der Waals surface area contributed by atoms with Crippen LogP contribution in [0.4, 0.5) is 11.4 Å². The highest BCUT2D eigenvalue weighted by Gasteiger charge is 2.29. The molecular formula is C34H41N3O7S. The minimum atomic E-state index is -3.61. The third kappa shape index (κ3) is 8.02. The summed E-state index contributed by atoms with van der Waals surface area (Å²) in [5.74, 6) is 0.178. The summed E-state index contributed by atoms with van der Waals surface area (Å²) >= 11 is 0. The van der Waals surface area contributed by atoms with E-state index in [4.69, 9.17) is 14.2 Å². The van der Waals surface area contributed by atoms with E-state index in [2.05, 4.69) is 18.6 Å². The number of hydrogen-bond donors (Lipinski definition) is 1. The number of nitrogens with one attached hydrogen (secondary N) is 1. The molecule has 3 aromatic rings. The van der Waals surface area contributed by atoms with Crippen molar-refractivity contribution >= 4 is 33.2 Å². The molecule has 0 aromatic heterocycles. The maximum atomic E-state index is 13.6. The molecule has 240 valence electrons. The van der Waals surface area contributed by atoms with Crippen molar-refractivity contribution < 1.29 is 32.2 Å². The Morgan fingerprint density at radius 1 is 0.933 bits per heavy atom. The molecule has 10 nitrogen and oxygen atoms in total. The topological polar surface area (TPSA) is 114 Å². The predicted molar refractivity (Wildman–Crippen MR) is 174 cm³/mol. The number of piperidine rings is 1. The van der Waals surface area contributed by atoms with Gasteiger partial charge >= 0.3 is 0 Å². The van der Waals surface area contributed by atoms with Crippen LogP contribution in [0.5, 0.6) is 5.75 Å². The maximum Gasteiger partial charge on any atom is 0.258 e. The Morgan fingerprint density at radius 2 is 1.64 bits per heavy atom. The van der Waals surface area contributed by atoms with Gasteiger partial charge < -0.3 is 24.0 Å². The van der Waals surface area contributed by atoms with Gasteiger partial charge in [-0.3, -0.25) is 14.3 Å². The van der Waals surface area contributed by atoms with Gasteiger partial charge in [0, 0.05) is 43.6 Å². The molecule has 2 aliphatic heterocycles. The number of anilines is 2. The first kappa shape index (κ1) is 32.5. The number of carbonyl (C=O) groups excluding carboxylic acids is 2. The van der Waals surface area contributed by atoms with Crippen LogP contribution in [0, 0.1) is 5.41 Å². The van der Waals surface area contributed by atoms with Crippen LogP contribution in [-0.2, 0) is 25.9 Å². The van der Waals surface area contributed by atoms with Gasteiger partial charge in [-0.05, 0) is 77.8 Å². The fourth-order valence-electron chi connectivity index (χ4n) is 5.61. The monoisotopic (exact) mass is 635 g/mol. The van der Waals surface area contributed by atoms with E-state index >= 15 is 0 Å². The fraction of sp³-hybridized carbons (Fsp3) is 0.412. The molecule has 1 saturated heterocycles. The Kier molecular flexibility index (Phi) is 9.81. The highest BCUT2D eigenvalue weighted by molar-refractivity contribution is 7.92. The molecule has 11 heteroatoms. The number of hydrogen-bond acceptors (Lipinski definition) is 7. The van der Waals surface area contributed by atoms with Gasteiger partial charge in [0.25, 0.3) is 11.8 Å². The summed E-state index contributed by atoms with van der Waals surface area (Å²) in [7, 11) is -2.05. The second-order valence-corrected chi connectivity index (χ2v) is 14.1. The highest BCUT2D eigenvalue weighted by atomic mass is 32.2. The van der Waals surface area contributed by atoms with Crippen LogP contribution in [0.25, 0.3) is 11.1 Å². The third-order valence-electron chi connectivity index (χ3n) is 8.35. The van der Waals surface area contributed by atoms with Crippen LogP contribution in [-0.4, -0.2) is 78.1 Å². The zero-order valence-corrected chi connectivity index (χ0v) is 27.1. The van der Waals surface area contributed by atoms with Crippen LogP contribution >= 0.6 is 0 Å². The Hall–Kier alpha value is -3.93. The number of methoxy groups -OCH3 is 1. The zero-order valence-electron chi connectivity index (χ0n) is 26.3. The lowest BCUT2D eigenvalue weighted by molar-refractivity contribution is -0.00814. The number of amides is 2. The van der Waals surface area contributed by atoms with Crippen molar-refractivity contribution in [2.75, 3.05) is 62.6 Å². The number of fused-ring (bicyclic) bond motifs is 1. The molecule has 45 heavy (non-hydrogen) atoms. The quantitative estimate of drug-likeness (QED) is 0.228. The van der Waals surface area contributed by atoms with Gasteiger partial charge in [-0.1, -0.05) is 38.1 Å². The Labute approximate surface area is 265 Å². The third-order valence-corrected chi connectivity index (χ3v) is 8.95.